The van der Waals surface area contributed by atoms with Crippen molar-refractivity contribution in [3.8, 4) is 5.75 Å². The topological polar surface area (TPSA) is 35.2 Å². The Morgan fingerprint density at radius 2 is 1.95 bits per heavy atom. The van der Waals surface area contributed by atoms with Crippen LogP contribution in [0.5, 0.6) is 5.75 Å². The summed E-state index contributed by atoms with van der Waals surface area (Å²) in [6.07, 6.45) is 0.523. The number of benzene rings is 2. The molecule has 0 amide bonds. The molecule has 1 aliphatic heterocycles. The Morgan fingerprint density at radius 1 is 1.20 bits per heavy atom. The van der Waals surface area contributed by atoms with Gasteiger partial charge in [0.1, 0.15) is 17.7 Å². The number of nitrogens with two attached hydrogens (primary N) is 1. The molecule has 2 atom stereocenters. The van der Waals surface area contributed by atoms with Gasteiger partial charge in [-0.05, 0) is 24.6 Å². The van der Waals surface area contributed by atoms with Crippen molar-refractivity contribution in [1.82, 2.24) is 0 Å². The summed E-state index contributed by atoms with van der Waals surface area (Å²) >= 11 is 3.56. The first-order chi connectivity index (χ1) is 9.54. The van der Waals surface area contributed by atoms with Gasteiger partial charge in [-0.25, -0.2) is 4.39 Å². The Morgan fingerprint density at radius 3 is 2.70 bits per heavy atom. The quantitative estimate of drug-likeness (QED) is 0.837. The van der Waals surface area contributed by atoms with Crippen LogP contribution in [0.15, 0.2) is 40.9 Å². The molecule has 4 heteroatoms. The van der Waals surface area contributed by atoms with Crippen molar-refractivity contribution in [3.05, 3.63) is 63.4 Å². The second-order valence-electron chi connectivity index (χ2n) is 5.16. The third-order valence-corrected chi connectivity index (χ3v) is 4.30. The minimum absolute atomic E-state index is 0.141. The normalized spacial score (nSPS) is 21.2. The van der Waals surface area contributed by atoms with E-state index in [0.717, 1.165) is 15.6 Å². The van der Waals surface area contributed by atoms with Gasteiger partial charge in [0.2, 0.25) is 0 Å². The van der Waals surface area contributed by atoms with Crippen molar-refractivity contribution < 1.29 is 9.13 Å². The third kappa shape index (κ3) is 2.45. The average Bonchev–Trinajstić information content (AvgIpc) is 2.37. The van der Waals surface area contributed by atoms with Crippen LogP contribution >= 0.6 is 15.9 Å². The summed E-state index contributed by atoms with van der Waals surface area (Å²) in [7, 11) is 0. The van der Waals surface area contributed by atoms with E-state index in [1.54, 1.807) is 6.07 Å². The molecule has 1 unspecified atom stereocenters. The fraction of sp³-hybridized carbons (Fsp3) is 0.250. The maximum absolute atomic E-state index is 13.4. The second kappa shape index (κ2) is 5.19. The summed E-state index contributed by atoms with van der Waals surface area (Å²) in [4.78, 5) is 0. The molecule has 0 aliphatic carbocycles. The lowest BCUT2D eigenvalue weighted by Crippen LogP contribution is -2.24. The summed E-state index contributed by atoms with van der Waals surface area (Å²) < 4.78 is 20.3. The van der Waals surface area contributed by atoms with Crippen molar-refractivity contribution in [2.75, 3.05) is 0 Å². The first-order valence-electron chi connectivity index (χ1n) is 6.52. The fourth-order valence-electron chi connectivity index (χ4n) is 2.56. The smallest absolute Gasteiger partial charge is 0.127 e. The van der Waals surface area contributed by atoms with E-state index < -0.39 is 0 Å². The summed E-state index contributed by atoms with van der Waals surface area (Å²) in [5.74, 6) is 0.237. The monoisotopic (exact) mass is 335 g/mol. The third-order valence-electron chi connectivity index (χ3n) is 3.62. The molecule has 0 bridgehead atoms. The Labute approximate surface area is 125 Å². The molecule has 0 fully saturated rings. The van der Waals surface area contributed by atoms with Crippen LogP contribution in [0.3, 0.4) is 0 Å². The standard InChI is InChI=1S/C16H15BrFNO/c1-9-2-4-11(13(17)6-9)16-8-14(19)12-5-3-10(18)7-15(12)20-16/h2-7,14,16H,8,19H2,1H3/t14-,16?/m0/s1. The molecule has 0 saturated carbocycles. The Hall–Kier alpha value is -1.39. The van der Waals surface area contributed by atoms with Crippen molar-refractivity contribution in [3.63, 3.8) is 0 Å². The first kappa shape index (κ1) is 13.6. The lowest BCUT2D eigenvalue weighted by Gasteiger charge is -2.31. The van der Waals surface area contributed by atoms with Gasteiger partial charge in [-0.1, -0.05) is 34.1 Å². The minimum Gasteiger partial charge on any atom is -0.485 e. The molecule has 2 aromatic rings. The molecule has 0 spiro atoms. The highest BCUT2D eigenvalue weighted by molar-refractivity contribution is 9.10. The van der Waals surface area contributed by atoms with E-state index in [1.807, 2.05) is 25.1 Å². The lowest BCUT2D eigenvalue weighted by atomic mass is 9.93. The zero-order valence-corrected chi connectivity index (χ0v) is 12.7. The molecule has 2 aromatic carbocycles. The van der Waals surface area contributed by atoms with Crippen LogP contribution in [0.4, 0.5) is 4.39 Å². The summed E-state index contributed by atoms with van der Waals surface area (Å²) in [5.41, 5.74) is 9.27. The van der Waals surface area contributed by atoms with Crippen LogP contribution in [-0.2, 0) is 0 Å². The van der Waals surface area contributed by atoms with Crippen LogP contribution in [-0.4, -0.2) is 0 Å². The van der Waals surface area contributed by atoms with Gasteiger partial charge in [-0.3, -0.25) is 0 Å². The van der Waals surface area contributed by atoms with Crippen molar-refractivity contribution in [1.29, 1.82) is 0 Å². The van der Waals surface area contributed by atoms with E-state index in [1.165, 1.54) is 17.7 Å². The second-order valence-corrected chi connectivity index (χ2v) is 6.01. The summed E-state index contributed by atoms with van der Waals surface area (Å²) in [6, 6.07) is 10.5. The molecule has 1 aliphatic rings. The van der Waals surface area contributed by atoms with Crippen LogP contribution < -0.4 is 10.5 Å². The molecule has 2 N–H and O–H groups in total. The largest absolute Gasteiger partial charge is 0.485 e. The number of ether oxygens (including phenoxy) is 1. The maximum atomic E-state index is 13.4. The first-order valence-corrected chi connectivity index (χ1v) is 7.31. The predicted octanol–water partition coefficient (Wildman–Crippen LogP) is 4.42. The van der Waals surface area contributed by atoms with E-state index >= 15 is 0 Å². The van der Waals surface area contributed by atoms with Gasteiger partial charge in [-0.15, -0.1) is 0 Å². The van der Waals surface area contributed by atoms with Crippen LogP contribution in [0.25, 0.3) is 0 Å². The molecule has 0 radical (unpaired) electrons. The maximum Gasteiger partial charge on any atom is 0.127 e. The zero-order chi connectivity index (χ0) is 14.3. The SMILES string of the molecule is Cc1ccc(C2C[C@H](N)c3ccc(F)cc3O2)c(Br)c1. The number of halogens is 2. The highest BCUT2D eigenvalue weighted by atomic mass is 79.9. The lowest BCUT2D eigenvalue weighted by molar-refractivity contribution is 0.160. The van der Waals surface area contributed by atoms with Gasteiger partial charge < -0.3 is 10.5 Å². The molecular weight excluding hydrogens is 321 g/mol. The summed E-state index contributed by atoms with van der Waals surface area (Å²) in [6.45, 7) is 2.03. The number of hydrogen-bond donors (Lipinski definition) is 1. The molecule has 104 valence electrons. The van der Waals surface area contributed by atoms with Crippen LogP contribution in [0.2, 0.25) is 0 Å². The van der Waals surface area contributed by atoms with Gasteiger partial charge in [0.05, 0.1) is 0 Å². The Balaban J connectivity index is 1.98. The molecule has 1 heterocycles. The number of hydrogen-bond acceptors (Lipinski definition) is 2. The molecule has 0 aromatic heterocycles. The minimum atomic E-state index is -0.306. The van der Waals surface area contributed by atoms with Gasteiger partial charge in [0.15, 0.2) is 0 Å². The molecule has 0 saturated heterocycles. The average molecular weight is 336 g/mol. The Kier molecular flexibility index (Phi) is 3.52. The number of aryl methyl sites for hydroxylation is 1. The van der Waals surface area contributed by atoms with Crippen molar-refractivity contribution in [2.45, 2.75) is 25.5 Å². The van der Waals surface area contributed by atoms with E-state index in [9.17, 15) is 4.39 Å². The number of fused-ring (bicyclic) bond motifs is 1. The van der Waals surface area contributed by atoms with Crippen molar-refractivity contribution in [2.24, 2.45) is 5.73 Å². The van der Waals surface area contributed by atoms with Crippen LogP contribution in [0.1, 0.15) is 35.3 Å². The van der Waals surface area contributed by atoms with Crippen LogP contribution in [0, 0.1) is 12.7 Å². The van der Waals surface area contributed by atoms with E-state index in [4.69, 9.17) is 10.5 Å². The van der Waals surface area contributed by atoms with E-state index in [0.29, 0.717) is 12.2 Å². The van der Waals surface area contributed by atoms with Gasteiger partial charge in [-0.2, -0.15) is 0 Å². The van der Waals surface area contributed by atoms with Crippen molar-refractivity contribution >= 4 is 15.9 Å². The molecule has 2 nitrogen and oxygen atoms in total. The Bertz CT molecular complexity index is 659. The molecule has 20 heavy (non-hydrogen) atoms. The van der Waals surface area contributed by atoms with Gasteiger partial charge in [0.25, 0.3) is 0 Å². The van der Waals surface area contributed by atoms with Gasteiger partial charge in [0, 0.05) is 34.1 Å². The number of rotatable bonds is 1. The zero-order valence-electron chi connectivity index (χ0n) is 11.1. The van der Waals surface area contributed by atoms with E-state index in [-0.39, 0.29) is 18.0 Å². The predicted molar refractivity (Wildman–Crippen MR) is 80.2 cm³/mol. The molecular formula is C16H15BrFNO. The highest BCUT2D eigenvalue weighted by Gasteiger charge is 2.28. The fourth-order valence-corrected chi connectivity index (χ4v) is 3.31. The summed E-state index contributed by atoms with van der Waals surface area (Å²) in [5, 5.41) is 0. The van der Waals surface area contributed by atoms with E-state index in [2.05, 4.69) is 15.9 Å². The van der Waals surface area contributed by atoms with Gasteiger partial charge >= 0.3 is 0 Å². The highest BCUT2D eigenvalue weighted by Crippen LogP contribution is 2.41. The molecule has 3 rings (SSSR count).